The number of thioether (sulfide) groups is 1. The number of hydrogen-bond donors (Lipinski definition) is 1. The molecule has 0 spiro atoms. The fraction of sp³-hybridized carbons (Fsp3) is 0.200. The van der Waals surface area contributed by atoms with Crippen LogP contribution in [0.1, 0.15) is 6.92 Å². The van der Waals surface area contributed by atoms with Gasteiger partial charge in [-0.05, 0) is 30.0 Å². The third-order valence-electron chi connectivity index (χ3n) is 1.78. The van der Waals surface area contributed by atoms with Gasteiger partial charge in [0.25, 0.3) is 0 Å². The highest BCUT2D eigenvalue weighted by atomic mass is 79.9. The first-order chi connectivity index (χ1) is 7.78. The Bertz CT molecular complexity index is 455. The number of benzene rings is 1. The van der Waals surface area contributed by atoms with Crippen molar-refractivity contribution in [3.05, 3.63) is 28.7 Å². The second-order valence-electron chi connectivity index (χ2n) is 2.95. The predicted octanol–water partition coefficient (Wildman–Crippen LogP) is 4.16. The molecule has 1 aromatic heterocycles. The van der Waals surface area contributed by atoms with Crippen LogP contribution in [0.3, 0.4) is 0 Å². The van der Waals surface area contributed by atoms with E-state index in [9.17, 15) is 0 Å². The Balaban J connectivity index is 2.05. The van der Waals surface area contributed by atoms with E-state index in [1.165, 1.54) is 11.5 Å². The molecule has 0 saturated carbocycles. The molecule has 1 N–H and O–H groups in total. The van der Waals surface area contributed by atoms with Gasteiger partial charge in [-0.15, -0.1) is 0 Å². The van der Waals surface area contributed by atoms with E-state index < -0.39 is 0 Å². The first kappa shape index (κ1) is 11.9. The summed E-state index contributed by atoms with van der Waals surface area (Å²) in [6, 6.07) is 7.98. The van der Waals surface area contributed by atoms with E-state index in [1.807, 2.05) is 24.3 Å². The van der Waals surface area contributed by atoms with Crippen molar-refractivity contribution in [3.63, 3.8) is 0 Å². The highest BCUT2D eigenvalue weighted by Crippen LogP contribution is 2.23. The Morgan fingerprint density at radius 3 is 2.81 bits per heavy atom. The largest absolute Gasteiger partial charge is 0.330 e. The number of hydrogen-bond acceptors (Lipinski definition) is 5. The van der Waals surface area contributed by atoms with Crippen LogP contribution in [-0.2, 0) is 0 Å². The third-order valence-corrected chi connectivity index (χ3v) is 3.78. The molecule has 1 aromatic carbocycles. The Hall–Kier alpha value is -0.590. The van der Waals surface area contributed by atoms with Crippen LogP contribution < -0.4 is 5.32 Å². The Kier molecular flexibility index (Phi) is 4.20. The number of aromatic nitrogens is 2. The molecular weight excluding hydrogens is 306 g/mol. The monoisotopic (exact) mass is 315 g/mol. The summed E-state index contributed by atoms with van der Waals surface area (Å²) in [4.78, 5) is 4.37. The summed E-state index contributed by atoms with van der Waals surface area (Å²) in [5.41, 5.74) is 1.02. The lowest BCUT2D eigenvalue weighted by molar-refractivity contribution is 1.08. The quantitative estimate of drug-likeness (QED) is 0.860. The molecule has 0 fully saturated rings. The van der Waals surface area contributed by atoms with Gasteiger partial charge in [-0.3, -0.25) is 0 Å². The minimum absolute atomic E-state index is 0.832. The maximum atomic E-state index is 4.37. The number of rotatable bonds is 4. The molecular formula is C10H10BrN3S2. The van der Waals surface area contributed by atoms with Crippen LogP contribution in [0.15, 0.2) is 33.9 Å². The van der Waals surface area contributed by atoms with Gasteiger partial charge in [0, 0.05) is 21.7 Å². The minimum atomic E-state index is 0.832. The van der Waals surface area contributed by atoms with Crippen LogP contribution in [0, 0.1) is 0 Å². The zero-order chi connectivity index (χ0) is 11.4. The first-order valence-corrected chi connectivity index (χ1v) is 7.32. The molecule has 16 heavy (non-hydrogen) atoms. The lowest BCUT2D eigenvalue weighted by Crippen LogP contribution is -1.88. The van der Waals surface area contributed by atoms with E-state index >= 15 is 0 Å². The molecule has 2 rings (SSSR count). The maximum Gasteiger partial charge on any atom is 0.207 e. The smallest absolute Gasteiger partial charge is 0.207 e. The lowest BCUT2D eigenvalue weighted by atomic mass is 10.3. The molecule has 0 aliphatic carbocycles. The van der Waals surface area contributed by atoms with Crippen molar-refractivity contribution in [2.24, 2.45) is 0 Å². The van der Waals surface area contributed by atoms with Crippen molar-refractivity contribution < 1.29 is 0 Å². The van der Waals surface area contributed by atoms with Gasteiger partial charge >= 0.3 is 0 Å². The van der Waals surface area contributed by atoms with E-state index in [0.717, 1.165) is 26.2 Å². The second-order valence-corrected chi connectivity index (χ2v) is 5.85. The summed E-state index contributed by atoms with van der Waals surface area (Å²) in [7, 11) is 0. The van der Waals surface area contributed by atoms with Crippen molar-refractivity contribution in [1.82, 2.24) is 9.36 Å². The Morgan fingerprint density at radius 1 is 1.38 bits per heavy atom. The molecule has 2 aromatic rings. The number of nitrogens with zero attached hydrogens (tertiary/aromatic N) is 2. The van der Waals surface area contributed by atoms with Gasteiger partial charge in [0.05, 0.1) is 0 Å². The molecule has 0 bridgehead atoms. The van der Waals surface area contributed by atoms with E-state index in [4.69, 9.17) is 0 Å². The fourth-order valence-corrected chi connectivity index (χ4v) is 2.66. The molecule has 0 amide bonds. The van der Waals surface area contributed by atoms with E-state index in [1.54, 1.807) is 11.8 Å². The minimum Gasteiger partial charge on any atom is -0.330 e. The average molecular weight is 316 g/mol. The summed E-state index contributed by atoms with van der Waals surface area (Å²) in [6.45, 7) is 2.09. The summed E-state index contributed by atoms with van der Waals surface area (Å²) in [6.07, 6.45) is 0. The van der Waals surface area contributed by atoms with Gasteiger partial charge < -0.3 is 5.32 Å². The summed E-state index contributed by atoms with van der Waals surface area (Å²) < 4.78 is 5.31. The predicted molar refractivity (Wildman–Crippen MR) is 73.7 cm³/mol. The van der Waals surface area contributed by atoms with E-state index in [2.05, 4.69) is 37.5 Å². The molecule has 3 nitrogen and oxygen atoms in total. The van der Waals surface area contributed by atoms with Gasteiger partial charge in [0.15, 0.2) is 0 Å². The van der Waals surface area contributed by atoms with Crippen LogP contribution in [0.2, 0.25) is 0 Å². The summed E-state index contributed by atoms with van der Waals surface area (Å²) in [5.74, 6) is 0.995. The van der Waals surface area contributed by atoms with E-state index in [-0.39, 0.29) is 0 Å². The SMILES string of the molecule is CCSc1nsc(Nc2ccc(Br)cc2)n1. The fourth-order valence-electron chi connectivity index (χ4n) is 1.11. The van der Waals surface area contributed by atoms with Gasteiger partial charge in [0.1, 0.15) is 0 Å². The van der Waals surface area contributed by atoms with Crippen molar-refractivity contribution in [2.75, 3.05) is 11.1 Å². The van der Waals surface area contributed by atoms with Crippen LogP contribution in [0.5, 0.6) is 0 Å². The zero-order valence-corrected chi connectivity index (χ0v) is 11.8. The maximum absolute atomic E-state index is 4.37. The number of nitrogens with one attached hydrogen (secondary N) is 1. The Labute approximate surface area is 111 Å². The van der Waals surface area contributed by atoms with Crippen LogP contribution >= 0.6 is 39.2 Å². The topological polar surface area (TPSA) is 37.8 Å². The lowest BCUT2D eigenvalue weighted by Gasteiger charge is -2.00. The number of halogens is 1. The molecule has 0 radical (unpaired) electrons. The normalized spacial score (nSPS) is 10.4. The molecule has 1 heterocycles. The zero-order valence-electron chi connectivity index (χ0n) is 8.61. The molecule has 0 aliphatic heterocycles. The van der Waals surface area contributed by atoms with Gasteiger partial charge in [0.2, 0.25) is 10.3 Å². The van der Waals surface area contributed by atoms with Crippen LogP contribution in [-0.4, -0.2) is 15.1 Å². The second kappa shape index (κ2) is 5.65. The van der Waals surface area contributed by atoms with Crippen LogP contribution in [0.4, 0.5) is 10.8 Å². The average Bonchev–Trinajstić information content (AvgIpc) is 2.70. The van der Waals surface area contributed by atoms with E-state index in [0.29, 0.717) is 0 Å². The standard InChI is InChI=1S/C10H10BrN3S2/c1-2-15-10-13-9(16-14-10)12-8-5-3-7(11)4-6-8/h3-6H,2H2,1H3,(H,12,13,14). The highest BCUT2D eigenvalue weighted by Gasteiger charge is 2.03. The Morgan fingerprint density at radius 2 is 2.12 bits per heavy atom. The van der Waals surface area contributed by atoms with Crippen molar-refractivity contribution in [1.29, 1.82) is 0 Å². The highest BCUT2D eigenvalue weighted by molar-refractivity contribution is 9.10. The summed E-state index contributed by atoms with van der Waals surface area (Å²) >= 11 is 6.43. The molecule has 0 unspecified atom stereocenters. The number of anilines is 2. The van der Waals surface area contributed by atoms with Gasteiger partial charge in [-0.2, -0.15) is 9.36 Å². The molecule has 0 aliphatic rings. The van der Waals surface area contributed by atoms with Gasteiger partial charge in [-0.1, -0.05) is 34.6 Å². The summed E-state index contributed by atoms with van der Waals surface area (Å²) in [5, 5.41) is 4.89. The van der Waals surface area contributed by atoms with Gasteiger partial charge in [-0.25, -0.2) is 0 Å². The first-order valence-electron chi connectivity index (χ1n) is 4.77. The van der Waals surface area contributed by atoms with Crippen molar-refractivity contribution >= 4 is 50.0 Å². The van der Waals surface area contributed by atoms with Crippen molar-refractivity contribution in [3.8, 4) is 0 Å². The molecule has 6 heteroatoms. The van der Waals surface area contributed by atoms with Crippen LogP contribution in [0.25, 0.3) is 0 Å². The molecule has 0 saturated heterocycles. The molecule has 84 valence electrons. The van der Waals surface area contributed by atoms with Crippen molar-refractivity contribution in [2.45, 2.75) is 12.1 Å². The molecule has 0 atom stereocenters. The third kappa shape index (κ3) is 3.20.